The third-order valence-electron chi connectivity index (χ3n) is 4.42. The first kappa shape index (κ1) is 15.6. The van der Waals surface area contributed by atoms with E-state index >= 15 is 0 Å². The van der Waals surface area contributed by atoms with Crippen LogP contribution in [0.5, 0.6) is 0 Å². The number of rotatable bonds is 5. The predicted molar refractivity (Wildman–Crippen MR) is 94.7 cm³/mol. The highest BCUT2D eigenvalue weighted by atomic mass is 16.1. The van der Waals surface area contributed by atoms with Gasteiger partial charge in [-0.05, 0) is 31.7 Å². The van der Waals surface area contributed by atoms with Crippen molar-refractivity contribution in [3.63, 3.8) is 0 Å². The molecule has 120 valence electrons. The summed E-state index contributed by atoms with van der Waals surface area (Å²) in [4.78, 5) is 14.9. The van der Waals surface area contributed by atoms with E-state index < -0.39 is 0 Å². The van der Waals surface area contributed by atoms with E-state index in [1.54, 1.807) is 0 Å². The van der Waals surface area contributed by atoms with E-state index in [4.69, 9.17) is 0 Å². The lowest BCUT2D eigenvalue weighted by molar-refractivity contribution is 0.310. The van der Waals surface area contributed by atoms with Crippen LogP contribution in [-0.2, 0) is 20.1 Å². The van der Waals surface area contributed by atoms with Gasteiger partial charge >= 0.3 is 0 Å². The zero-order chi connectivity index (χ0) is 16.4. The van der Waals surface area contributed by atoms with Crippen LogP contribution in [0.2, 0.25) is 0 Å². The summed E-state index contributed by atoms with van der Waals surface area (Å²) >= 11 is 0. The molecule has 0 spiro atoms. The number of aryl methyl sites for hydroxylation is 2. The van der Waals surface area contributed by atoms with Crippen molar-refractivity contribution in [2.45, 2.75) is 20.0 Å². The van der Waals surface area contributed by atoms with Crippen molar-refractivity contribution in [3.8, 4) is 0 Å². The molecular weight excluding hydrogens is 286 g/mol. The van der Waals surface area contributed by atoms with Crippen molar-refractivity contribution in [3.05, 3.63) is 70.3 Å². The minimum Gasteiger partial charge on any atom is -0.343 e. The van der Waals surface area contributed by atoms with Gasteiger partial charge in [-0.3, -0.25) is 4.79 Å². The molecule has 0 saturated heterocycles. The highest BCUT2D eigenvalue weighted by Gasteiger charge is 2.09. The van der Waals surface area contributed by atoms with Gasteiger partial charge in [-0.2, -0.15) is 0 Å². The third-order valence-corrected chi connectivity index (χ3v) is 4.42. The maximum Gasteiger partial charge on any atom is 0.275 e. The number of hydrogen-bond donors (Lipinski definition) is 0. The van der Waals surface area contributed by atoms with Crippen LogP contribution in [-0.4, -0.2) is 27.6 Å². The van der Waals surface area contributed by atoms with Crippen molar-refractivity contribution < 1.29 is 0 Å². The SMILES string of the molecule is Cc1cc2ccn(CCN(C)Cc3ccccc3)c(=O)c2n1C. The Morgan fingerprint density at radius 2 is 1.87 bits per heavy atom. The van der Waals surface area contributed by atoms with Crippen LogP contribution < -0.4 is 5.56 Å². The van der Waals surface area contributed by atoms with Gasteiger partial charge in [-0.1, -0.05) is 30.3 Å². The molecule has 0 N–H and O–H groups in total. The number of nitrogens with zero attached hydrogens (tertiary/aromatic N) is 3. The molecule has 0 unspecified atom stereocenters. The van der Waals surface area contributed by atoms with Crippen LogP contribution in [0, 0.1) is 6.92 Å². The van der Waals surface area contributed by atoms with Gasteiger partial charge in [-0.25, -0.2) is 0 Å². The number of pyridine rings is 1. The second-order valence-electron chi connectivity index (χ2n) is 6.19. The molecule has 0 radical (unpaired) electrons. The lowest BCUT2D eigenvalue weighted by atomic mass is 10.2. The van der Waals surface area contributed by atoms with Crippen LogP contribution in [0.15, 0.2) is 53.5 Å². The molecule has 0 saturated carbocycles. The van der Waals surface area contributed by atoms with Gasteiger partial charge in [0.05, 0.1) is 0 Å². The largest absolute Gasteiger partial charge is 0.343 e. The maximum atomic E-state index is 12.7. The minimum atomic E-state index is 0.0891. The molecule has 0 aliphatic carbocycles. The van der Waals surface area contributed by atoms with Crippen molar-refractivity contribution in [1.29, 1.82) is 0 Å². The summed E-state index contributed by atoms with van der Waals surface area (Å²) in [6.07, 6.45) is 1.90. The molecule has 2 heterocycles. The van der Waals surface area contributed by atoms with Crippen LogP contribution >= 0.6 is 0 Å². The molecule has 0 atom stereocenters. The lowest BCUT2D eigenvalue weighted by Crippen LogP contribution is -2.28. The minimum absolute atomic E-state index is 0.0891. The summed E-state index contributed by atoms with van der Waals surface area (Å²) in [7, 11) is 4.04. The third kappa shape index (κ3) is 3.22. The zero-order valence-electron chi connectivity index (χ0n) is 14.0. The number of aromatic nitrogens is 2. The Hall–Kier alpha value is -2.33. The topological polar surface area (TPSA) is 30.2 Å². The molecule has 1 aromatic carbocycles. The summed E-state index contributed by atoms with van der Waals surface area (Å²) in [5.74, 6) is 0. The van der Waals surface area contributed by atoms with Crippen LogP contribution in [0.1, 0.15) is 11.3 Å². The molecule has 0 aliphatic heterocycles. The molecule has 0 amide bonds. The monoisotopic (exact) mass is 309 g/mol. The summed E-state index contributed by atoms with van der Waals surface area (Å²) in [6.45, 7) is 4.45. The standard InChI is InChI=1S/C19H23N3O/c1-15-13-17-9-10-22(19(23)18(17)21(15)3)12-11-20(2)14-16-7-5-4-6-8-16/h4-10,13H,11-12,14H2,1-3H3. The Morgan fingerprint density at radius 3 is 2.61 bits per heavy atom. The molecule has 0 bridgehead atoms. The number of hydrogen-bond acceptors (Lipinski definition) is 2. The maximum absolute atomic E-state index is 12.7. The van der Waals surface area contributed by atoms with Gasteiger partial charge in [0.1, 0.15) is 5.52 Å². The van der Waals surface area contributed by atoms with E-state index in [2.05, 4.69) is 42.3 Å². The van der Waals surface area contributed by atoms with Gasteiger partial charge < -0.3 is 14.0 Å². The van der Waals surface area contributed by atoms with E-state index in [1.807, 2.05) is 41.4 Å². The van der Waals surface area contributed by atoms with Gasteiger partial charge in [0.15, 0.2) is 0 Å². The fraction of sp³-hybridized carbons (Fsp3) is 0.316. The molecule has 3 aromatic rings. The van der Waals surface area contributed by atoms with Crippen LogP contribution in [0.25, 0.3) is 10.9 Å². The predicted octanol–water partition coefficient (Wildman–Crippen LogP) is 2.78. The van der Waals surface area contributed by atoms with Crippen molar-refractivity contribution in [2.75, 3.05) is 13.6 Å². The van der Waals surface area contributed by atoms with E-state index in [0.717, 1.165) is 29.7 Å². The van der Waals surface area contributed by atoms with E-state index in [0.29, 0.717) is 6.54 Å². The molecule has 0 fully saturated rings. The highest BCUT2D eigenvalue weighted by molar-refractivity contribution is 5.80. The Labute approximate surface area is 136 Å². The summed E-state index contributed by atoms with van der Waals surface area (Å²) in [6, 6.07) is 14.5. The molecule has 2 aromatic heterocycles. The fourth-order valence-electron chi connectivity index (χ4n) is 2.96. The number of likely N-dealkylation sites (N-methyl/N-ethyl adjacent to an activating group) is 1. The van der Waals surface area contributed by atoms with E-state index in [9.17, 15) is 4.79 Å². The Balaban J connectivity index is 1.73. The second kappa shape index (κ2) is 6.42. The number of benzene rings is 1. The highest BCUT2D eigenvalue weighted by Crippen LogP contribution is 2.14. The smallest absolute Gasteiger partial charge is 0.275 e. The Morgan fingerprint density at radius 1 is 1.13 bits per heavy atom. The average molecular weight is 309 g/mol. The quantitative estimate of drug-likeness (QED) is 0.725. The molecule has 23 heavy (non-hydrogen) atoms. The van der Waals surface area contributed by atoms with Crippen LogP contribution in [0.4, 0.5) is 0 Å². The first-order valence-corrected chi connectivity index (χ1v) is 7.94. The average Bonchev–Trinajstić information content (AvgIpc) is 2.83. The molecule has 4 heteroatoms. The van der Waals surface area contributed by atoms with Crippen molar-refractivity contribution in [1.82, 2.24) is 14.0 Å². The lowest BCUT2D eigenvalue weighted by Gasteiger charge is -2.17. The van der Waals surface area contributed by atoms with E-state index in [1.165, 1.54) is 5.56 Å². The molecule has 0 aliphatic rings. The van der Waals surface area contributed by atoms with Gasteiger partial charge in [0.25, 0.3) is 5.56 Å². The fourth-order valence-corrected chi connectivity index (χ4v) is 2.96. The number of fused-ring (bicyclic) bond motifs is 1. The Bertz CT molecular complexity index is 861. The molecule has 3 rings (SSSR count). The summed E-state index contributed by atoms with van der Waals surface area (Å²) in [5, 5.41) is 1.02. The van der Waals surface area contributed by atoms with Crippen molar-refractivity contribution in [2.24, 2.45) is 7.05 Å². The molecular formula is C19H23N3O. The normalized spacial score (nSPS) is 11.5. The van der Waals surface area contributed by atoms with Gasteiger partial charge in [0.2, 0.25) is 0 Å². The van der Waals surface area contributed by atoms with Crippen LogP contribution in [0.3, 0.4) is 0 Å². The zero-order valence-corrected chi connectivity index (χ0v) is 14.0. The summed E-state index contributed by atoms with van der Waals surface area (Å²) < 4.78 is 3.78. The first-order valence-electron chi connectivity index (χ1n) is 7.94. The van der Waals surface area contributed by atoms with Crippen molar-refractivity contribution >= 4 is 10.9 Å². The Kier molecular flexibility index (Phi) is 4.35. The first-order chi connectivity index (χ1) is 11.1. The summed E-state index contributed by atoms with van der Waals surface area (Å²) in [5.41, 5.74) is 3.27. The second-order valence-corrected chi connectivity index (χ2v) is 6.19. The van der Waals surface area contributed by atoms with Gasteiger partial charge in [0, 0.05) is 44.0 Å². The van der Waals surface area contributed by atoms with E-state index in [-0.39, 0.29) is 5.56 Å². The van der Waals surface area contributed by atoms with Gasteiger partial charge in [-0.15, -0.1) is 0 Å². The molecule has 4 nitrogen and oxygen atoms in total.